The van der Waals surface area contributed by atoms with Gasteiger partial charge < -0.3 is 15.7 Å². The smallest absolute Gasteiger partial charge is 0.233 e. The third-order valence-electron chi connectivity index (χ3n) is 2.63. The van der Waals surface area contributed by atoms with Crippen molar-refractivity contribution in [2.24, 2.45) is 0 Å². The van der Waals surface area contributed by atoms with Crippen molar-refractivity contribution in [1.82, 2.24) is 10.6 Å². The van der Waals surface area contributed by atoms with Gasteiger partial charge in [0.05, 0.1) is 12.6 Å². The van der Waals surface area contributed by atoms with Crippen LogP contribution < -0.4 is 10.6 Å². The van der Waals surface area contributed by atoms with Gasteiger partial charge in [-0.3, -0.25) is 4.79 Å². The lowest BCUT2D eigenvalue weighted by atomic mass is 9.93. The van der Waals surface area contributed by atoms with Gasteiger partial charge >= 0.3 is 0 Å². The largest absolute Gasteiger partial charge is 0.392 e. The first-order chi connectivity index (χ1) is 6.74. The Balaban J connectivity index is 2.19. The van der Waals surface area contributed by atoms with Gasteiger partial charge in [0.1, 0.15) is 0 Å². The summed E-state index contributed by atoms with van der Waals surface area (Å²) in [5.74, 6) is 0.00488. The van der Waals surface area contributed by atoms with Gasteiger partial charge in [0.25, 0.3) is 0 Å². The number of hydrogen-bond donors (Lipinski definition) is 3. The van der Waals surface area contributed by atoms with Crippen LogP contribution in [0.4, 0.5) is 0 Å². The van der Waals surface area contributed by atoms with Crippen LogP contribution in [0.3, 0.4) is 0 Å². The standard InChI is InChI=1S/C10H20N2O2/c1-2-11-10(14)7-12-8-5-3-4-6-9(8)13/h8-9,12-13H,2-7H2,1H3,(H,11,14)/t8-,9-/m0/s1. The Morgan fingerprint density at radius 2 is 2.14 bits per heavy atom. The lowest BCUT2D eigenvalue weighted by Gasteiger charge is -2.28. The monoisotopic (exact) mass is 200 g/mol. The zero-order valence-corrected chi connectivity index (χ0v) is 8.75. The third-order valence-corrected chi connectivity index (χ3v) is 2.63. The van der Waals surface area contributed by atoms with Crippen molar-refractivity contribution >= 4 is 5.91 Å². The number of hydrogen-bond acceptors (Lipinski definition) is 3. The minimum Gasteiger partial charge on any atom is -0.392 e. The molecule has 0 unspecified atom stereocenters. The second kappa shape index (κ2) is 5.98. The molecule has 1 saturated carbocycles. The highest BCUT2D eigenvalue weighted by Crippen LogP contribution is 2.17. The molecule has 1 rings (SSSR count). The zero-order valence-electron chi connectivity index (χ0n) is 8.75. The van der Waals surface area contributed by atoms with Gasteiger partial charge in [-0.2, -0.15) is 0 Å². The van der Waals surface area contributed by atoms with E-state index in [1.165, 1.54) is 0 Å². The summed E-state index contributed by atoms with van der Waals surface area (Å²) >= 11 is 0. The third kappa shape index (κ3) is 3.64. The van der Waals surface area contributed by atoms with Crippen LogP contribution in [-0.2, 0) is 4.79 Å². The molecule has 0 bridgehead atoms. The Bertz CT molecular complexity index is 185. The van der Waals surface area contributed by atoms with Crippen molar-refractivity contribution in [3.63, 3.8) is 0 Å². The molecule has 1 aliphatic rings. The van der Waals surface area contributed by atoms with Crippen LogP contribution in [0, 0.1) is 0 Å². The van der Waals surface area contributed by atoms with E-state index in [9.17, 15) is 9.90 Å². The molecule has 0 aromatic carbocycles. The fraction of sp³-hybridized carbons (Fsp3) is 0.900. The molecular formula is C10H20N2O2. The number of nitrogens with one attached hydrogen (secondary N) is 2. The van der Waals surface area contributed by atoms with Crippen LogP contribution in [0.2, 0.25) is 0 Å². The van der Waals surface area contributed by atoms with Gasteiger partial charge in [-0.05, 0) is 19.8 Å². The van der Waals surface area contributed by atoms with Crippen LogP contribution in [0.25, 0.3) is 0 Å². The highest BCUT2D eigenvalue weighted by molar-refractivity contribution is 5.77. The van der Waals surface area contributed by atoms with Crippen molar-refractivity contribution in [3.8, 4) is 0 Å². The number of carbonyl (C=O) groups excluding carboxylic acids is 1. The molecule has 14 heavy (non-hydrogen) atoms. The Labute approximate surface area is 85.1 Å². The minimum absolute atomic E-state index is 0.00488. The zero-order chi connectivity index (χ0) is 10.4. The molecule has 4 nitrogen and oxygen atoms in total. The summed E-state index contributed by atoms with van der Waals surface area (Å²) in [6.45, 7) is 2.87. The first-order valence-corrected chi connectivity index (χ1v) is 5.42. The predicted octanol–water partition coefficient (Wildman–Crippen LogP) is 0.0156. The van der Waals surface area contributed by atoms with Crippen LogP contribution in [0.5, 0.6) is 0 Å². The van der Waals surface area contributed by atoms with Crippen molar-refractivity contribution in [2.75, 3.05) is 13.1 Å². The first kappa shape index (κ1) is 11.5. The SMILES string of the molecule is CCNC(=O)CN[C@H]1CCCC[C@@H]1O. The molecule has 0 heterocycles. The second-order valence-corrected chi connectivity index (χ2v) is 3.79. The Kier molecular flexibility index (Phi) is 4.90. The van der Waals surface area contributed by atoms with Gasteiger partial charge in [-0.1, -0.05) is 12.8 Å². The lowest BCUT2D eigenvalue weighted by Crippen LogP contribution is -2.46. The average Bonchev–Trinajstić information content (AvgIpc) is 2.17. The van der Waals surface area contributed by atoms with E-state index in [1.807, 2.05) is 6.92 Å². The first-order valence-electron chi connectivity index (χ1n) is 5.42. The Morgan fingerprint density at radius 3 is 2.79 bits per heavy atom. The van der Waals surface area contributed by atoms with Gasteiger partial charge in [0.2, 0.25) is 5.91 Å². The highest BCUT2D eigenvalue weighted by atomic mass is 16.3. The molecule has 0 radical (unpaired) electrons. The fourth-order valence-electron chi connectivity index (χ4n) is 1.83. The van der Waals surface area contributed by atoms with Gasteiger partial charge in [-0.15, -0.1) is 0 Å². The summed E-state index contributed by atoms with van der Waals surface area (Å²) in [6.07, 6.45) is 3.79. The fourth-order valence-corrected chi connectivity index (χ4v) is 1.83. The maximum absolute atomic E-state index is 11.1. The quantitative estimate of drug-likeness (QED) is 0.599. The Hall–Kier alpha value is -0.610. The summed E-state index contributed by atoms with van der Waals surface area (Å²) in [4.78, 5) is 11.1. The molecule has 1 amide bonds. The van der Waals surface area contributed by atoms with Crippen LogP contribution in [0.1, 0.15) is 32.6 Å². The number of aliphatic hydroxyl groups is 1. The number of carbonyl (C=O) groups is 1. The van der Waals surface area contributed by atoms with Gasteiger partial charge in [0, 0.05) is 12.6 Å². The number of rotatable bonds is 4. The van der Waals surface area contributed by atoms with Gasteiger partial charge in [0.15, 0.2) is 0 Å². The number of amides is 1. The molecule has 3 N–H and O–H groups in total. The van der Waals surface area contributed by atoms with Crippen molar-refractivity contribution in [1.29, 1.82) is 0 Å². The molecule has 1 aliphatic carbocycles. The molecule has 0 spiro atoms. The molecule has 1 fully saturated rings. The molecule has 2 atom stereocenters. The molecule has 4 heteroatoms. The summed E-state index contributed by atoms with van der Waals surface area (Å²) in [5, 5.41) is 15.4. The van der Waals surface area contributed by atoms with E-state index < -0.39 is 0 Å². The normalized spacial score (nSPS) is 27.3. The molecule has 0 saturated heterocycles. The molecular weight excluding hydrogens is 180 g/mol. The van der Waals surface area contributed by atoms with Crippen molar-refractivity contribution in [2.45, 2.75) is 44.8 Å². The number of aliphatic hydroxyl groups excluding tert-OH is 1. The van der Waals surface area contributed by atoms with E-state index in [0.29, 0.717) is 13.1 Å². The summed E-state index contributed by atoms with van der Waals surface area (Å²) in [5.41, 5.74) is 0. The summed E-state index contributed by atoms with van der Waals surface area (Å²) in [6, 6.07) is 0.103. The maximum Gasteiger partial charge on any atom is 0.233 e. The van der Waals surface area contributed by atoms with Crippen LogP contribution in [0.15, 0.2) is 0 Å². The highest BCUT2D eigenvalue weighted by Gasteiger charge is 2.22. The molecule has 82 valence electrons. The van der Waals surface area contributed by atoms with Crippen molar-refractivity contribution in [3.05, 3.63) is 0 Å². The van der Waals surface area contributed by atoms with E-state index >= 15 is 0 Å². The van der Waals surface area contributed by atoms with E-state index in [0.717, 1.165) is 25.7 Å². The molecule has 0 aromatic heterocycles. The average molecular weight is 200 g/mol. The lowest BCUT2D eigenvalue weighted by molar-refractivity contribution is -0.120. The van der Waals surface area contributed by atoms with E-state index in [-0.39, 0.29) is 18.1 Å². The second-order valence-electron chi connectivity index (χ2n) is 3.79. The molecule has 0 aromatic rings. The van der Waals surface area contributed by atoms with E-state index in [1.54, 1.807) is 0 Å². The topological polar surface area (TPSA) is 61.4 Å². The Morgan fingerprint density at radius 1 is 1.43 bits per heavy atom. The van der Waals surface area contributed by atoms with Crippen LogP contribution in [-0.4, -0.2) is 36.2 Å². The predicted molar refractivity (Wildman–Crippen MR) is 54.9 cm³/mol. The van der Waals surface area contributed by atoms with E-state index in [4.69, 9.17) is 0 Å². The van der Waals surface area contributed by atoms with Crippen molar-refractivity contribution < 1.29 is 9.90 Å². The summed E-state index contributed by atoms with van der Waals surface area (Å²) in [7, 11) is 0. The van der Waals surface area contributed by atoms with E-state index in [2.05, 4.69) is 10.6 Å². The maximum atomic E-state index is 11.1. The minimum atomic E-state index is -0.279. The van der Waals surface area contributed by atoms with Gasteiger partial charge in [-0.25, -0.2) is 0 Å². The van der Waals surface area contributed by atoms with Crippen LogP contribution >= 0.6 is 0 Å². The molecule has 0 aliphatic heterocycles. The number of likely N-dealkylation sites (N-methyl/N-ethyl adjacent to an activating group) is 1. The summed E-state index contributed by atoms with van der Waals surface area (Å²) < 4.78 is 0.